The molecule has 0 bridgehead atoms. The van der Waals surface area contributed by atoms with Crippen LogP contribution in [0.4, 0.5) is 0 Å². The van der Waals surface area contributed by atoms with E-state index in [1.54, 1.807) is 0 Å². The van der Waals surface area contributed by atoms with E-state index in [0.717, 1.165) is 0 Å². The minimum absolute atomic E-state index is 0.705. The summed E-state index contributed by atoms with van der Waals surface area (Å²) in [6, 6.07) is 11.0. The Hall–Kier alpha value is -0.350. The summed E-state index contributed by atoms with van der Waals surface area (Å²) >= 11 is 0. The van der Waals surface area contributed by atoms with Crippen LogP contribution in [0.25, 0.3) is 0 Å². The maximum absolute atomic E-state index is 2.51. The molecule has 16 heavy (non-hydrogen) atoms. The van der Waals surface area contributed by atoms with E-state index < -0.39 is 7.26 Å². The molecule has 0 fully saturated rings. The zero-order valence-corrected chi connectivity index (χ0v) is 12.0. The highest BCUT2D eigenvalue weighted by Crippen LogP contribution is 2.54. The van der Waals surface area contributed by atoms with Crippen molar-refractivity contribution in [2.24, 2.45) is 0 Å². The molecule has 0 spiro atoms. The van der Waals surface area contributed by atoms with Crippen molar-refractivity contribution >= 4 is 7.26 Å². The van der Waals surface area contributed by atoms with Crippen LogP contribution in [-0.2, 0) is 6.16 Å². The maximum atomic E-state index is 2.51. The molecule has 0 aliphatic heterocycles. The molecule has 1 aromatic rings. The fourth-order valence-electron chi connectivity index (χ4n) is 2.12. The third-order valence-corrected chi connectivity index (χ3v) is 5.82. The first-order valence-corrected chi connectivity index (χ1v) is 9.55. The Morgan fingerprint density at radius 2 is 1.62 bits per heavy atom. The summed E-state index contributed by atoms with van der Waals surface area (Å²) in [7, 11) is -0.705. The fourth-order valence-corrected chi connectivity index (χ4v) is 4.56. The summed E-state index contributed by atoms with van der Waals surface area (Å²) in [5.41, 5.74) is 1.52. The molecular weight excluding hydrogens is 211 g/mol. The lowest BCUT2D eigenvalue weighted by Gasteiger charge is -2.18. The summed E-state index contributed by atoms with van der Waals surface area (Å²) < 4.78 is 0. The Morgan fingerprint density at radius 1 is 0.938 bits per heavy atom. The van der Waals surface area contributed by atoms with E-state index in [2.05, 4.69) is 50.6 Å². The zero-order chi connectivity index (χ0) is 11.9. The number of hydrogen-bond donors (Lipinski definition) is 0. The monoisotopic (exact) mass is 237 g/mol. The van der Waals surface area contributed by atoms with Gasteiger partial charge in [0.2, 0.25) is 0 Å². The Morgan fingerprint density at radius 3 is 2.25 bits per heavy atom. The van der Waals surface area contributed by atoms with Crippen LogP contribution in [0, 0.1) is 0 Å². The molecule has 1 rings (SSSR count). The molecule has 1 aromatic carbocycles. The highest BCUT2D eigenvalue weighted by atomic mass is 31.2. The minimum atomic E-state index is -0.705. The van der Waals surface area contributed by atoms with Gasteiger partial charge in [0.15, 0.2) is 0 Å². The first-order chi connectivity index (χ1) is 7.64. The van der Waals surface area contributed by atoms with Crippen LogP contribution in [0.1, 0.15) is 38.2 Å². The lowest BCUT2D eigenvalue weighted by atomic mass is 10.2. The Balaban J connectivity index is 2.33. The van der Waals surface area contributed by atoms with E-state index in [1.807, 2.05) is 0 Å². The van der Waals surface area contributed by atoms with Crippen molar-refractivity contribution in [3.05, 3.63) is 35.9 Å². The standard InChI is InChI=1S/C15H26P/c1-4-5-6-10-13-16(2,3)14-15-11-8-7-9-12-15/h7-9,11-12H,4-6,10,13-14H2,1-3H3/q+1. The van der Waals surface area contributed by atoms with Crippen molar-refractivity contribution in [3.8, 4) is 0 Å². The second kappa shape index (κ2) is 7.07. The molecule has 1 heteroatoms. The van der Waals surface area contributed by atoms with Gasteiger partial charge in [0.05, 0.1) is 12.3 Å². The fraction of sp³-hybridized carbons (Fsp3) is 0.600. The molecule has 0 radical (unpaired) electrons. The van der Waals surface area contributed by atoms with Crippen LogP contribution in [0.15, 0.2) is 30.3 Å². The van der Waals surface area contributed by atoms with Crippen LogP contribution < -0.4 is 0 Å². The molecule has 0 atom stereocenters. The molecule has 0 unspecified atom stereocenters. The van der Waals surface area contributed by atoms with Crippen LogP contribution in [-0.4, -0.2) is 19.5 Å². The highest BCUT2D eigenvalue weighted by molar-refractivity contribution is 7.73. The van der Waals surface area contributed by atoms with Crippen LogP contribution in [0.2, 0.25) is 0 Å². The number of hydrogen-bond acceptors (Lipinski definition) is 0. The number of benzene rings is 1. The van der Waals surface area contributed by atoms with Gasteiger partial charge in [-0.3, -0.25) is 0 Å². The van der Waals surface area contributed by atoms with E-state index in [9.17, 15) is 0 Å². The average Bonchev–Trinajstić information content (AvgIpc) is 2.25. The zero-order valence-electron chi connectivity index (χ0n) is 11.1. The molecule has 0 heterocycles. The lowest BCUT2D eigenvalue weighted by Crippen LogP contribution is -1.99. The first kappa shape index (κ1) is 13.7. The smallest absolute Gasteiger partial charge is 0.0654 e. The Labute approximate surface area is 102 Å². The van der Waals surface area contributed by atoms with Crippen LogP contribution in [0.3, 0.4) is 0 Å². The molecule has 0 amide bonds. The Kier molecular flexibility index (Phi) is 6.06. The van der Waals surface area contributed by atoms with E-state index in [0.29, 0.717) is 0 Å². The van der Waals surface area contributed by atoms with Gasteiger partial charge in [-0.1, -0.05) is 50.1 Å². The van der Waals surface area contributed by atoms with Gasteiger partial charge in [-0.2, -0.15) is 0 Å². The van der Waals surface area contributed by atoms with Crippen LogP contribution in [0.5, 0.6) is 0 Å². The van der Waals surface area contributed by atoms with Crippen molar-refractivity contribution in [3.63, 3.8) is 0 Å². The largest absolute Gasteiger partial charge is 0.0837 e. The number of unbranched alkanes of at least 4 members (excludes halogenated alkanes) is 3. The summed E-state index contributed by atoms with van der Waals surface area (Å²) in [6.45, 7) is 7.29. The quantitative estimate of drug-likeness (QED) is 0.460. The van der Waals surface area contributed by atoms with Gasteiger partial charge in [-0.15, -0.1) is 0 Å². The summed E-state index contributed by atoms with van der Waals surface area (Å²) in [4.78, 5) is 0. The number of rotatable bonds is 7. The van der Waals surface area contributed by atoms with Gasteiger partial charge >= 0.3 is 0 Å². The summed E-state index contributed by atoms with van der Waals surface area (Å²) in [5, 5.41) is 0. The van der Waals surface area contributed by atoms with E-state index in [-0.39, 0.29) is 0 Å². The second-order valence-corrected chi connectivity index (χ2v) is 10.00. The molecule has 0 aromatic heterocycles. The normalized spacial score (nSPS) is 11.7. The van der Waals surface area contributed by atoms with Crippen molar-refractivity contribution in [2.75, 3.05) is 19.5 Å². The Bertz CT molecular complexity index is 277. The first-order valence-electron chi connectivity index (χ1n) is 6.50. The molecule has 0 saturated heterocycles. The predicted octanol–water partition coefficient (Wildman–Crippen LogP) is 5.04. The molecule has 0 nitrogen and oxygen atoms in total. The van der Waals surface area contributed by atoms with Gasteiger partial charge in [0.25, 0.3) is 0 Å². The van der Waals surface area contributed by atoms with Crippen molar-refractivity contribution < 1.29 is 0 Å². The third-order valence-electron chi connectivity index (χ3n) is 3.07. The van der Waals surface area contributed by atoms with Crippen molar-refractivity contribution in [2.45, 2.75) is 38.8 Å². The molecule has 0 N–H and O–H groups in total. The topological polar surface area (TPSA) is 0 Å². The average molecular weight is 237 g/mol. The predicted molar refractivity (Wildman–Crippen MR) is 77.9 cm³/mol. The van der Waals surface area contributed by atoms with Gasteiger partial charge in [-0.05, 0) is 18.4 Å². The molecule has 0 aliphatic carbocycles. The van der Waals surface area contributed by atoms with Crippen molar-refractivity contribution in [1.82, 2.24) is 0 Å². The maximum Gasteiger partial charge on any atom is 0.0837 e. The summed E-state index contributed by atoms with van der Waals surface area (Å²) in [6.07, 6.45) is 8.39. The summed E-state index contributed by atoms with van der Waals surface area (Å²) in [5.74, 6) is 0. The van der Waals surface area contributed by atoms with Crippen molar-refractivity contribution in [1.29, 1.82) is 0 Å². The lowest BCUT2D eigenvalue weighted by molar-refractivity contribution is 0.703. The molecule has 90 valence electrons. The van der Waals surface area contributed by atoms with E-state index in [1.165, 1.54) is 43.6 Å². The van der Waals surface area contributed by atoms with Gasteiger partial charge in [0.1, 0.15) is 0 Å². The SMILES string of the molecule is CCCCCC[P+](C)(C)Cc1ccccc1. The second-order valence-electron chi connectivity index (χ2n) is 5.36. The highest BCUT2D eigenvalue weighted by Gasteiger charge is 2.24. The van der Waals surface area contributed by atoms with Gasteiger partial charge in [0, 0.05) is 20.6 Å². The van der Waals surface area contributed by atoms with E-state index >= 15 is 0 Å². The van der Waals surface area contributed by atoms with Gasteiger partial charge in [-0.25, -0.2) is 0 Å². The minimum Gasteiger partial charge on any atom is -0.0654 e. The van der Waals surface area contributed by atoms with Crippen LogP contribution >= 0.6 is 7.26 Å². The van der Waals surface area contributed by atoms with E-state index in [4.69, 9.17) is 0 Å². The molecular formula is C15H26P+. The third kappa shape index (κ3) is 5.66. The molecule has 0 aliphatic rings. The molecule has 0 saturated carbocycles. The van der Waals surface area contributed by atoms with Gasteiger partial charge < -0.3 is 0 Å².